The van der Waals surface area contributed by atoms with E-state index in [1.165, 1.54) is 0 Å². The van der Waals surface area contributed by atoms with Crippen LogP contribution in [-0.2, 0) is 9.59 Å². The fourth-order valence-electron chi connectivity index (χ4n) is 2.41. The number of nitrogens with one attached hydrogen (secondary N) is 1. The number of rotatable bonds is 2. The SMILES string of the molecule is CC(C)c1ccccc1N1CC(=O)NC(C)(C)C1=O. The molecule has 0 bridgehead atoms. The van der Waals surface area contributed by atoms with Gasteiger partial charge in [-0.25, -0.2) is 0 Å². The quantitative estimate of drug-likeness (QED) is 0.884. The molecule has 0 aromatic heterocycles. The van der Waals surface area contributed by atoms with Crippen molar-refractivity contribution < 1.29 is 9.59 Å². The lowest BCUT2D eigenvalue weighted by Crippen LogP contribution is -2.64. The molecule has 19 heavy (non-hydrogen) atoms. The largest absolute Gasteiger partial charge is 0.341 e. The van der Waals surface area contributed by atoms with Gasteiger partial charge in [0.25, 0.3) is 5.91 Å². The molecule has 1 aliphatic rings. The summed E-state index contributed by atoms with van der Waals surface area (Å²) < 4.78 is 0. The minimum absolute atomic E-state index is 0.0693. The third-order valence-electron chi connectivity index (χ3n) is 3.38. The molecular formula is C15H20N2O2. The molecule has 2 rings (SSSR count). The zero-order valence-corrected chi connectivity index (χ0v) is 11.9. The van der Waals surface area contributed by atoms with Crippen molar-refractivity contribution in [2.45, 2.75) is 39.2 Å². The standard InChI is InChI=1S/C15H20N2O2/c1-10(2)11-7-5-6-8-12(11)17-9-13(18)16-15(3,4)14(17)19/h5-8,10H,9H2,1-4H3,(H,16,18). The maximum absolute atomic E-state index is 12.5. The molecule has 1 aromatic carbocycles. The molecule has 102 valence electrons. The van der Waals surface area contributed by atoms with E-state index >= 15 is 0 Å². The van der Waals surface area contributed by atoms with E-state index in [0.717, 1.165) is 11.3 Å². The second-order valence-corrected chi connectivity index (χ2v) is 5.78. The number of hydrogen-bond donors (Lipinski definition) is 1. The zero-order valence-electron chi connectivity index (χ0n) is 11.9. The van der Waals surface area contributed by atoms with Crippen LogP contribution in [0.2, 0.25) is 0 Å². The highest BCUT2D eigenvalue weighted by molar-refractivity contribution is 6.09. The second kappa shape index (κ2) is 4.68. The van der Waals surface area contributed by atoms with Crippen molar-refractivity contribution in [3.63, 3.8) is 0 Å². The van der Waals surface area contributed by atoms with Gasteiger partial charge < -0.3 is 10.2 Å². The summed E-state index contributed by atoms with van der Waals surface area (Å²) in [5.74, 6) is 0.112. The normalized spacial score (nSPS) is 18.7. The molecule has 0 spiro atoms. The lowest BCUT2D eigenvalue weighted by Gasteiger charge is -2.38. The van der Waals surface area contributed by atoms with E-state index in [0.29, 0.717) is 5.92 Å². The Balaban J connectivity index is 2.46. The third-order valence-corrected chi connectivity index (χ3v) is 3.38. The Hall–Kier alpha value is -1.84. The predicted octanol–water partition coefficient (Wildman–Crippen LogP) is 2.05. The van der Waals surface area contributed by atoms with Crippen LogP contribution in [-0.4, -0.2) is 23.9 Å². The van der Waals surface area contributed by atoms with Crippen LogP contribution >= 0.6 is 0 Å². The van der Waals surface area contributed by atoms with Gasteiger partial charge >= 0.3 is 0 Å². The van der Waals surface area contributed by atoms with E-state index in [9.17, 15) is 9.59 Å². The summed E-state index contributed by atoms with van der Waals surface area (Å²) in [5.41, 5.74) is 1.08. The van der Waals surface area contributed by atoms with Gasteiger partial charge in [-0.3, -0.25) is 9.59 Å². The number of para-hydroxylation sites is 1. The Morgan fingerprint density at radius 2 is 1.84 bits per heavy atom. The summed E-state index contributed by atoms with van der Waals surface area (Å²) >= 11 is 0. The van der Waals surface area contributed by atoms with Crippen molar-refractivity contribution >= 4 is 17.5 Å². The molecule has 2 amide bonds. The van der Waals surface area contributed by atoms with Gasteiger partial charge in [0.05, 0.1) is 0 Å². The van der Waals surface area contributed by atoms with Crippen LogP contribution in [0.3, 0.4) is 0 Å². The first-order chi connectivity index (χ1) is 8.83. The van der Waals surface area contributed by atoms with Gasteiger partial charge in [-0.15, -0.1) is 0 Å². The lowest BCUT2D eigenvalue weighted by molar-refractivity contribution is -0.134. The van der Waals surface area contributed by atoms with E-state index < -0.39 is 5.54 Å². The van der Waals surface area contributed by atoms with Crippen molar-refractivity contribution in [3.8, 4) is 0 Å². The van der Waals surface area contributed by atoms with Crippen molar-refractivity contribution in [2.24, 2.45) is 0 Å². The molecule has 0 unspecified atom stereocenters. The van der Waals surface area contributed by atoms with E-state index in [-0.39, 0.29) is 18.4 Å². The zero-order chi connectivity index (χ0) is 14.2. The summed E-state index contributed by atoms with van der Waals surface area (Å²) in [7, 11) is 0. The smallest absolute Gasteiger partial charge is 0.252 e. The van der Waals surface area contributed by atoms with E-state index in [2.05, 4.69) is 19.2 Å². The van der Waals surface area contributed by atoms with Crippen molar-refractivity contribution in [1.82, 2.24) is 5.32 Å². The van der Waals surface area contributed by atoms with Crippen molar-refractivity contribution in [2.75, 3.05) is 11.4 Å². The number of amides is 2. The Morgan fingerprint density at radius 1 is 1.21 bits per heavy atom. The molecule has 1 heterocycles. The molecule has 1 aromatic rings. The number of nitrogens with zero attached hydrogens (tertiary/aromatic N) is 1. The van der Waals surface area contributed by atoms with Crippen LogP contribution in [0.15, 0.2) is 24.3 Å². The highest BCUT2D eigenvalue weighted by atomic mass is 16.2. The Labute approximate surface area is 113 Å². The second-order valence-electron chi connectivity index (χ2n) is 5.78. The molecule has 0 atom stereocenters. The van der Waals surface area contributed by atoms with Crippen LogP contribution in [0, 0.1) is 0 Å². The van der Waals surface area contributed by atoms with E-state index in [4.69, 9.17) is 0 Å². The number of piperazine rings is 1. The van der Waals surface area contributed by atoms with Gasteiger partial charge in [-0.2, -0.15) is 0 Å². The molecule has 1 N–H and O–H groups in total. The predicted molar refractivity (Wildman–Crippen MR) is 75.1 cm³/mol. The highest BCUT2D eigenvalue weighted by Gasteiger charge is 2.40. The Morgan fingerprint density at radius 3 is 2.47 bits per heavy atom. The highest BCUT2D eigenvalue weighted by Crippen LogP contribution is 2.30. The number of carbonyl (C=O) groups excluding carboxylic acids is 2. The average Bonchev–Trinajstić information content (AvgIpc) is 2.33. The van der Waals surface area contributed by atoms with Gasteiger partial charge in [-0.1, -0.05) is 32.0 Å². The summed E-state index contributed by atoms with van der Waals surface area (Å²) in [6.07, 6.45) is 0. The molecule has 0 aliphatic carbocycles. The minimum atomic E-state index is -0.848. The van der Waals surface area contributed by atoms with Crippen LogP contribution in [0.5, 0.6) is 0 Å². The van der Waals surface area contributed by atoms with Crippen LogP contribution in [0.1, 0.15) is 39.2 Å². The van der Waals surface area contributed by atoms with Crippen molar-refractivity contribution in [3.05, 3.63) is 29.8 Å². The summed E-state index contributed by atoms with van der Waals surface area (Å²) in [6.45, 7) is 7.72. The summed E-state index contributed by atoms with van der Waals surface area (Å²) in [6, 6.07) is 7.77. The van der Waals surface area contributed by atoms with E-state index in [1.54, 1.807) is 18.7 Å². The molecule has 4 nitrogen and oxygen atoms in total. The molecule has 1 aliphatic heterocycles. The molecule has 0 radical (unpaired) electrons. The fraction of sp³-hybridized carbons (Fsp3) is 0.467. The Kier molecular flexibility index (Phi) is 3.35. The number of anilines is 1. The molecular weight excluding hydrogens is 240 g/mol. The number of benzene rings is 1. The number of hydrogen-bond acceptors (Lipinski definition) is 2. The van der Waals surface area contributed by atoms with E-state index in [1.807, 2.05) is 24.3 Å². The van der Waals surface area contributed by atoms with Gasteiger partial charge in [0.1, 0.15) is 12.1 Å². The first kappa shape index (κ1) is 13.6. The first-order valence-electron chi connectivity index (χ1n) is 6.55. The van der Waals surface area contributed by atoms with Gasteiger partial charge in [0.15, 0.2) is 0 Å². The third kappa shape index (κ3) is 2.48. The molecule has 1 saturated heterocycles. The maximum atomic E-state index is 12.5. The fourth-order valence-corrected chi connectivity index (χ4v) is 2.41. The lowest BCUT2D eigenvalue weighted by atomic mass is 9.96. The van der Waals surface area contributed by atoms with Gasteiger partial charge in [0.2, 0.25) is 5.91 Å². The van der Waals surface area contributed by atoms with Gasteiger partial charge in [0, 0.05) is 5.69 Å². The summed E-state index contributed by atoms with van der Waals surface area (Å²) in [4.78, 5) is 25.9. The van der Waals surface area contributed by atoms with Crippen LogP contribution in [0.25, 0.3) is 0 Å². The van der Waals surface area contributed by atoms with Crippen LogP contribution in [0.4, 0.5) is 5.69 Å². The summed E-state index contributed by atoms with van der Waals surface area (Å²) in [5, 5.41) is 2.72. The Bertz CT molecular complexity index is 521. The minimum Gasteiger partial charge on any atom is -0.341 e. The average molecular weight is 260 g/mol. The molecule has 0 saturated carbocycles. The molecule has 1 fully saturated rings. The van der Waals surface area contributed by atoms with Crippen LogP contribution < -0.4 is 10.2 Å². The van der Waals surface area contributed by atoms with Crippen molar-refractivity contribution in [1.29, 1.82) is 0 Å². The monoisotopic (exact) mass is 260 g/mol. The van der Waals surface area contributed by atoms with Gasteiger partial charge in [-0.05, 0) is 31.4 Å². The topological polar surface area (TPSA) is 49.4 Å². The first-order valence-corrected chi connectivity index (χ1v) is 6.55. The maximum Gasteiger partial charge on any atom is 0.252 e. The molecule has 4 heteroatoms. The number of carbonyl (C=O) groups is 2.